The molecule has 1 aliphatic heterocycles. The van der Waals surface area contributed by atoms with E-state index in [1.165, 1.54) is 17.3 Å². The second-order valence-corrected chi connectivity index (χ2v) is 10.9. The number of hydrogen-bond donors (Lipinski definition) is 0. The van der Waals surface area contributed by atoms with E-state index in [-0.39, 0.29) is 17.9 Å². The van der Waals surface area contributed by atoms with Gasteiger partial charge in [-0.2, -0.15) is 0 Å². The molecular formula is C28H32N4O2S. The van der Waals surface area contributed by atoms with Crippen molar-refractivity contribution >= 4 is 23.6 Å². The van der Waals surface area contributed by atoms with Gasteiger partial charge in [0.05, 0.1) is 11.4 Å². The van der Waals surface area contributed by atoms with Gasteiger partial charge in [-0.25, -0.2) is 0 Å². The maximum atomic E-state index is 12.8. The standard InChI is InChI=1S/C28H32N4O2S/c1-20-18-31(16-17-32(20)27(34)28(2,3)4)26(33)19-35-25-15-14-24(29-30-25)23-12-10-22(11-13-23)21-8-6-5-7-9-21/h5-15,20H,16-19H2,1-4H3. The van der Waals surface area contributed by atoms with E-state index in [4.69, 9.17) is 0 Å². The van der Waals surface area contributed by atoms with Gasteiger partial charge in [-0.3, -0.25) is 9.59 Å². The topological polar surface area (TPSA) is 66.4 Å². The molecule has 4 rings (SSSR count). The van der Waals surface area contributed by atoms with E-state index in [1.807, 2.05) is 80.0 Å². The molecule has 182 valence electrons. The van der Waals surface area contributed by atoms with E-state index in [2.05, 4.69) is 34.5 Å². The Morgan fingerprint density at radius 2 is 1.54 bits per heavy atom. The zero-order valence-electron chi connectivity index (χ0n) is 20.8. The maximum Gasteiger partial charge on any atom is 0.233 e. The van der Waals surface area contributed by atoms with Gasteiger partial charge in [-0.1, -0.05) is 87.1 Å². The molecule has 0 saturated carbocycles. The second-order valence-electron chi connectivity index (χ2n) is 9.93. The van der Waals surface area contributed by atoms with E-state index >= 15 is 0 Å². The van der Waals surface area contributed by atoms with Crippen LogP contribution in [0.1, 0.15) is 27.7 Å². The van der Waals surface area contributed by atoms with Crippen LogP contribution in [0.15, 0.2) is 71.8 Å². The lowest BCUT2D eigenvalue weighted by molar-refractivity contribution is -0.147. The molecule has 0 aliphatic carbocycles. The van der Waals surface area contributed by atoms with Crippen molar-refractivity contribution < 1.29 is 9.59 Å². The van der Waals surface area contributed by atoms with Gasteiger partial charge in [-0.05, 0) is 30.2 Å². The number of nitrogens with zero attached hydrogens (tertiary/aromatic N) is 4. The number of carbonyl (C=O) groups excluding carboxylic acids is 2. The van der Waals surface area contributed by atoms with Crippen molar-refractivity contribution in [3.8, 4) is 22.4 Å². The van der Waals surface area contributed by atoms with Crippen molar-refractivity contribution in [1.82, 2.24) is 20.0 Å². The van der Waals surface area contributed by atoms with Gasteiger partial charge in [0, 0.05) is 36.7 Å². The molecule has 1 unspecified atom stereocenters. The van der Waals surface area contributed by atoms with Crippen LogP contribution in [0.3, 0.4) is 0 Å². The molecule has 1 aromatic heterocycles. The third kappa shape index (κ3) is 6.09. The van der Waals surface area contributed by atoms with E-state index < -0.39 is 5.41 Å². The van der Waals surface area contributed by atoms with Crippen LogP contribution in [-0.2, 0) is 9.59 Å². The molecule has 2 aromatic carbocycles. The minimum absolute atomic E-state index is 0.0109. The van der Waals surface area contributed by atoms with Crippen LogP contribution in [-0.4, -0.2) is 63.2 Å². The molecule has 0 spiro atoms. The summed E-state index contributed by atoms with van der Waals surface area (Å²) in [5, 5.41) is 9.41. The molecule has 6 nitrogen and oxygen atoms in total. The molecule has 3 aromatic rings. The third-order valence-electron chi connectivity index (χ3n) is 6.15. The number of hydrogen-bond acceptors (Lipinski definition) is 5. The van der Waals surface area contributed by atoms with Gasteiger partial charge in [0.2, 0.25) is 11.8 Å². The largest absolute Gasteiger partial charge is 0.338 e. The maximum absolute atomic E-state index is 12.8. The first-order chi connectivity index (χ1) is 16.7. The summed E-state index contributed by atoms with van der Waals surface area (Å²) in [6.45, 7) is 9.50. The van der Waals surface area contributed by atoms with Gasteiger partial charge < -0.3 is 9.80 Å². The molecule has 0 N–H and O–H groups in total. The summed E-state index contributed by atoms with van der Waals surface area (Å²) in [7, 11) is 0. The summed E-state index contributed by atoms with van der Waals surface area (Å²) in [5.41, 5.74) is 3.73. The fourth-order valence-electron chi connectivity index (χ4n) is 4.16. The first-order valence-electron chi connectivity index (χ1n) is 11.9. The number of carbonyl (C=O) groups is 2. The summed E-state index contributed by atoms with van der Waals surface area (Å²) >= 11 is 1.39. The summed E-state index contributed by atoms with van der Waals surface area (Å²) in [4.78, 5) is 29.2. The van der Waals surface area contributed by atoms with Crippen molar-refractivity contribution in [3.05, 3.63) is 66.7 Å². The lowest BCUT2D eigenvalue weighted by Gasteiger charge is -2.42. The Kier molecular flexibility index (Phi) is 7.55. The molecule has 2 amide bonds. The molecule has 1 fully saturated rings. The van der Waals surface area contributed by atoms with Crippen molar-refractivity contribution in [2.45, 2.75) is 38.8 Å². The van der Waals surface area contributed by atoms with Gasteiger partial charge in [0.15, 0.2) is 0 Å². The average molecular weight is 489 g/mol. The minimum atomic E-state index is -0.412. The molecule has 7 heteroatoms. The first kappa shape index (κ1) is 24.9. The lowest BCUT2D eigenvalue weighted by atomic mass is 9.93. The van der Waals surface area contributed by atoms with Gasteiger partial charge in [0.25, 0.3) is 0 Å². The van der Waals surface area contributed by atoms with Gasteiger partial charge >= 0.3 is 0 Å². The lowest BCUT2D eigenvalue weighted by Crippen LogP contribution is -2.57. The van der Waals surface area contributed by atoms with E-state index in [9.17, 15) is 9.59 Å². The van der Waals surface area contributed by atoms with Crippen LogP contribution in [0, 0.1) is 5.41 Å². The van der Waals surface area contributed by atoms with E-state index in [0.717, 1.165) is 21.8 Å². The predicted octanol–water partition coefficient (Wildman–Crippen LogP) is 5.01. The Balaban J connectivity index is 1.30. The van der Waals surface area contributed by atoms with E-state index in [1.54, 1.807) is 0 Å². The highest BCUT2D eigenvalue weighted by atomic mass is 32.2. The fourth-order valence-corrected chi connectivity index (χ4v) is 4.88. The Morgan fingerprint density at radius 3 is 2.14 bits per heavy atom. The highest BCUT2D eigenvalue weighted by molar-refractivity contribution is 7.99. The SMILES string of the molecule is CC1CN(C(=O)CSc2ccc(-c3ccc(-c4ccccc4)cc3)nn2)CCN1C(=O)C(C)(C)C. The Hall–Kier alpha value is -3.19. The van der Waals surface area contributed by atoms with Crippen molar-refractivity contribution in [2.75, 3.05) is 25.4 Å². The Morgan fingerprint density at radius 1 is 0.886 bits per heavy atom. The number of aromatic nitrogens is 2. The molecule has 0 radical (unpaired) electrons. The molecule has 1 aliphatic rings. The van der Waals surface area contributed by atoms with Crippen LogP contribution in [0.2, 0.25) is 0 Å². The predicted molar refractivity (Wildman–Crippen MR) is 141 cm³/mol. The molecule has 1 atom stereocenters. The monoisotopic (exact) mass is 488 g/mol. The number of piperazine rings is 1. The zero-order valence-corrected chi connectivity index (χ0v) is 21.6. The van der Waals surface area contributed by atoms with Gasteiger partial charge in [0.1, 0.15) is 5.03 Å². The van der Waals surface area contributed by atoms with Gasteiger partial charge in [-0.15, -0.1) is 10.2 Å². The molecule has 35 heavy (non-hydrogen) atoms. The summed E-state index contributed by atoms with van der Waals surface area (Å²) < 4.78 is 0. The summed E-state index contributed by atoms with van der Waals surface area (Å²) in [5.74, 6) is 0.503. The quantitative estimate of drug-likeness (QED) is 0.473. The zero-order chi connectivity index (χ0) is 25.0. The van der Waals surface area contributed by atoms with Crippen molar-refractivity contribution in [2.24, 2.45) is 5.41 Å². The normalized spacial score (nSPS) is 16.3. The number of benzene rings is 2. The van der Waals surface area contributed by atoms with Crippen LogP contribution in [0.5, 0.6) is 0 Å². The second kappa shape index (κ2) is 10.6. The smallest absolute Gasteiger partial charge is 0.233 e. The fraction of sp³-hybridized carbons (Fsp3) is 0.357. The number of amides is 2. The minimum Gasteiger partial charge on any atom is -0.338 e. The third-order valence-corrected chi connectivity index (χ3v) is 7.06. The van der Waals surface area contributed by atoms with Crippen molar-refractivity contribution in [1.29, 1.82) is 0 Å². The molecule has 0 bridgehead atoms. The molecule has 2 heterocycles. The number of rotatable bonds is 5. The number of thioether (sulfide) groups is 1. The highest BCUT2D eigenvalue weighted by Crippen LogP contribution is 2.25. The van der Waals surface area contributed by atoms with Crippen LogP contribution in [0.4, 0.5) is 0 Å². The Labute approximate surface area is 211 Å². The van der Waals surface area contributed by atoms with E-state index in [0.29, 0.717) is 25.4 Å². The average Bonchev–Trinajstić information content (AvgIpc) is 2.87. The Bertz CT molecular complexity index is 1160. The molecular weight excluding hydrogens is 456 g/mol. The highest BCUT2D eigenvalue weighted by Gasteiger charge is 2.34. The summed E-state index contributed by atoms with van der Waals surface area (Å²) in [6.07, 6.45) is 0. The first-order valence-corrected chi connectivity index (χ1v) is 12.9. The van der Waals surface area contributed by atoms with Crippen LogP contribution >= 0.6 is 11.8 Å². The summed E-state index contributed by atoms with van der Waals surface area (Å²) in [6, 6.07) is 22.4. The van der Waals surface area contributed by atoms with Crippen LogP contribution < -0.4 is 0 Å². The van der Waals surface area contributed by atoms with Crippen LogP contribution in [0.25, 0.3) is 22.4 Å². The molecule has 1 saturated heterocycles. The van der Waals surface area contributed by atoms with Crippen molar-refractivity contribution in [3.63, 3.8) is 0 Å².